The van der Waals surface area contributed by atoms with Gasteiger partial charge in [0.2, 0.25) is 0 Å². The minimum Gasteiger partial charge on any atom is -0.394 e. The zero-order valence-electron chi connectivity index (χ0n) is 8.86. The first-order chi connectivity index (χ1) is 7.17. The van der Waals surface area contributed by atoms with Crippen LogP contribution in [0, 0.1) is 0 Å². The van der Waals surface area contributed by atoms with Gasteiger partial charge in [0.05, 0.1) is 12.1 Å². The SMILES string of the molecule is CCC(CC)(CO)NC(=O)c1csnn1. The lowest BCUT2D eigenvalue weighted by Gasteiger charge is -2.30. The third-order valence-corrected chi connectivity index (χ3v) is 3.13. The zero-order chi connectivity index (χ0) is 11.3. The van der Waals surface area contributed by atoms with Crippen LogP contribution in [-0.2, 0) is 0 Å². The molecule has 1 amide bonds. The van der Waals surface area contributed by atoms with Crippen molar-refractivity contribution in [1.82, 2.24) is 14.9 Å². The monoisotopic (exact) mass is 229 g/mol. The first-order valence-electron chi connectivity index (χ1n) is 4.88. The largest absolute Gasteiger partial charge is 0.394 e. The van der Waals surface area contributed by atoms with Crippen molar-refractivity contribution in [3.8, 4) is 0 Å². The Morgan fingerprint density at radius 1 is 1.60 bits per heavy atom. The summed E-state index contributed by atoms with van der Waals surface area (Å²) in [5.74, 6) is -0.276. The maximum Gasteiger partial charge on any atom is 0.273 e. The predicted octanol–water partition coefficient (Wildman–Crippen LogP) is 0.819. The zero-order valence-corrected chi connectivity index (χ0v) is 9.67. The average molecular weight is 229 g/mol. The van der Waals surface area contributed by atoms with Crippen molar-refractivity contribution in [3.63, 3.8) is 0 Å². The normalized spacial score (nSPS) is 11.4. The molecule has 15 heavy (non-hydrogen) atoms. The molecule has 0 radical (unpaired) electrons. The molecule has 0 saturated heterocycles. The molecule has 0 fully saturated rings. The van der Waals surface area contributed by atoms with Crippen molar-refractivity contribution in [2.75, 3.05) is 6.61 Å². The van der Waals surface area contributed by atoms with E-state index >= 15 is 0 Å². The summed E-state index contributed by atoms with van der Waals surface area (Å²) >= 11 is 1.13. The van der Waals surface area contributed by atoms with E-state index in [2.05, 4.69) is 14.9 Å². The summed E-state index contributed by atoms with van der Waals surface area (Å²) in [6, 6.07) is 0. The molecule has 0 unspecified atom stereocenters. The summed E-state index contributed by atoms with van der Waals surface area (Å²) in [5, 5.41) is 17.3. The standard InChI is InChI=1S/C9H15N3O2S/c1-3-9(4-2,6-13)10-8(14)7-5-15-12-11-7/h5,13H,3-4,6H2,1-2H3,(H,10,14). The maximum absolute atomic E-state index is 11.7. The summed E-state index contributed by atoms with van der Waals surface area (Å²) in [4.78, 5) is 11.7. The highest BCUT2D eigenvalue weighted by atomic mass is 32.1. The molecular formula is C9H15N3O2S. The van der Waals surface area contributed by atoms with Crippen molar-refractivity contribution in [2.45, 2.75) is 32.2 Å². The van der Waals surface area contributed by atoms with Gasteiger partial charge < -0.3 is 10.4 Å². The maximum atomic E-state index is 11.7. The number of hydrogen-bond donors (Lipinski definition) is 2. The van der Waals surface area contributed by atoms with Crippen LogP contribution in [-0.4, -0.2) is 32.7 Å². The third-order valence-electron chi connectivity index (χ3n) is 2.63. The van der Waals surface area contributed by atoms with E-state index in [1.54, 1.807) is 5.38 Å². The lowest BCUT2D eigenvalue weighted by atomic mass is 9.94. The minimum atomic E-state index is -0.541. The Morgan fingerprint density at radius 2 is 2.27 bits per heavy atom. The molecule has 0 spiro atoms. The molecule has 84 valence electrons. The highest BCUT2D eigenvalue weighted by molar-refractivity contribution is 7.03. The Kier molecular flexibility index (Phi) is 4.16. The van der Waals surface area contributed by atoms with Crippen LogP contribution < -0.4 is 5.32 Å². The van der Waals surface area contributed by atoms with Gasteiger partial charge >= 0.3 is 0 Å². The predicted molar refractivity (Wildman–Crippen MR) is 57.8 cm³/mol. The number of carbonyl (C=O) groups excluding carboxylic acids is 1. The van der Waals surface area contributed by atoms with Gasteiger partial charge in [0, 0.05) is 5.38 Å². The number of aromatic nitrogens is 2. The van der Waals surface area contributed by atoms with Gasteiger partial charge in [-0.05, 0) is 24.4 Å². The molecule has 0 aliphatic heterocycles. The number of carbonyl (C=O) groups is 1. The van der Waals surface area contributed by atoms with Crippen LogP contribution in [0.3, 0.4) is 0 Å². The van der Waals surface area contributed by atoms with Crippen molar-refractivity contribution >= 4 is 17.4 Å². The van der Waals surface area contributed by atoms with E-state index in [9.17, 15) is 9.90 Å². The second-order valence-corrected chi connectivity index (χ2v) is 4.00. The molecule has 0 atom stereocenters. The lowest BCUT2D eigenvalue weighted by Crippen LogP contribution is -2.50. The minimum absolute atomic E-state index is 0.0662. The fourth-order valence-electron chi connectivity index (χ4n) is 1.26. The number of amides is 1. The molecule has 1 aromatic heterocycles. The van der Waals surface area contributed by atoms with Crippen molar-refractivity contribution in [3.05, 3.63) is 11.1 Å². The van der Waals surface area contributed by atoms with Gasteiger partial charge in [-0.3, -0.25) is 4.79 Å². The topological polar surface area (TPSA) is 75.1 Å². The summed E-state index contributed by atoms with van der Waals surface area (Å²) in [5.41, 5.74) is -0.236. The van der Waals surface area contributed by atoms with Crippen molar-refractivity contribution < 1.29 is 9.90 Å². The number of nitrogens with zero attached hydrogens (tertiary/aromatic N) is 2. The van der Waals surface area contributed by atoms with Gasteiger partial charge in [0.15, 0.2) is 5.69 Å². The van der Waals surface area contributed by atoms with E-state index in [0.717, 1.165) is 11.5 Å². The number of hydrogen-bond acceptors (Lipinski definition) is 5. The third kappa shape index (κ3) is 2.73. The Morgan fingerprint density at radius 3 is 2.67 bits per heavy atom. The Bertz CT molecular complexity index is 301. The van der Waals surface area contributed by atoms with Crippen LogP contribution in [0.1, 0.15) is 37.2 Å². The van der Waals surface area contributed by atoms with Crippen LogP contribution in [0.5, 0.6) is 0 Å². The summed E-state index contributed by atoms with van der Waals surface area (Å²) in [6.45, 7) is 3.79. The highest BCUT2D eigenvalue weighted by Crippen LogP contribution is 2.14. The summed E-state index contributed by atoms with van der Waals surface area (Å²) < 4.78 is 3.62. The van der Waals surface area contributed by atoms with E-state index < -0.39 is 5.54 Å². The summed E-state index contributed by atoms with van der Waals surface area (Å²) in [7, 11) is 0. The second-order valence-electron chi connectivity index (χ2n) is 3.39. The van der Waals surface area contributed by atoms with Gasteiger partial charge in [0.25, 0.3) is 5.91 Å². The quantitative estimate of drug-likeness (QED) is 0.783. The smallest absolute Gasteiger partial charge is 0.273 e. The molecule has 5 nitrogen and oxygen atoms in total. The molecule has 1 rings (SSSR count). The summed E-state index contributed by atoms with van der Waals surface area (Å²) in [6.07, 6.45) is 1.37. The molecular weight excluding hydrogens is 214 g/mol. The number of aliphatic hydroxyl groups excluding tert-OH is 1. The van der Waals surface area contributed by atoms with Gasteiger partial charge in [-0.15, -0.1) is 5.10 Å². The number of rotatable bonds is 5. The number of nitrogens with one attached hydrogen (secondary N) is 1. The molecule has 0 aliphatic rings. The van der Waals surface area contributed by atoms with Gasteiger partial charge in [0.1, 0.15) is 0 Å². The fraction of sp³-hybridized carbons (Fsp3) is 0.667. The van der Waals surface area contributed by atoms with E-state index in [1.165, 1.54) is 0 Å². The van der Waals surface area contributed by atoms with E-state index in [0.29, 0.717) is 18.5 Å². The molecule has 0 aliphatic carbocycles. The van der Waals surface area contributed by atoms with Crippen molar-refractivity contribution in [2.24, 2.45) is 0 Å². The van der Waals surface area contributed by atoms with Gasteiger partial charge in [-0.25, -0.2) is 0 Å². The van der Waals surface area contributed by atoms with E-state index in [1.807, 2.05) is 13.8 Å². The average Bonchev–Trinajstić information content (AvgIpc) is 2.79. The van der Waals surface area contributed by atoms with Crippen LogP contribution in [0.4, 0.5) is 0 Å². The molecule has 0 aromatic carbocycles. The van der Waals surface area contributed by atoms with Gasteiger partial charge in [-0.1, -0.05) is 18.3 Å². The second kappa shape index (κ2) is 5.18. The van der Waals surface area contributed by atoms with E-state index in [4.69, 9.17) is 0 Å². The van der Waals surface area contributed by atoms with Gasteiger partial charge in [-0.2, -0.15) is 0 Å². The van der Waals surface area contributed by atoms with Crippen LogP contribution in [0.2, 0.25) is 0 Å². The highest BCUT2D eigenvalue weighted by Gasteiger charge is 2.28. The molecule has 0 saturated carbocycles. The van der Waals surface area contributed by atoms with E-state index in [-0.39, 0.29) is 12.5 Å². The molecule has 1 aromatic rings. The number of aliphatic hydroxyl groups is 1. The van der Waals surface area contributed by atoms with Crippen LogP contribution in [0.15, 0.2) is 5.38 Å². The molecule has 6 heteroatoms. The first-order valence-corrected chi connectivity index (χ1v) is 5.71. The first kappa shape index (κ1) is 12.1. The fourth-order valence-corrected chi connectivity index (χ4v) is 1.69. The van der Waals surface area contributed by atoms with Crippen LogP contribution in [0.25, 0.3) is 0 Å². The van der Waals surface area contributed by atoms with Crippen molar-refractivity contribution in [1.29, 1.82) is 0 Å². The Balaban J connectivity index is 2.71. The Labute approximate surface area is 92.7 Å². The van der Waals surface area contributed by atoms with Crippen LogP contribution >= 0.6 is 11.5 Å². The Hall–Kier alpha value is -1.01. The molecule has 0 bridgehead atoms. The molecule has 1 heterocycles. The lowest BCUT2D eigenvalue weighted by molar-refractivity contribution is 0.0813. The molecule has 2 N–H and O–H groups in total.